The normalized spacial score (nSPS) is 22.7. The molecule has 1 fully saturated rings. The molecule has 0 spiro atoms. The second kappa shape index (κ2) is 7.07. The third-order valence-corrected chi connectivity index (χ3v) is 3.00. The van der Waals surface area contributed by atoms with E-state index in [1.807, 2.05) is 6.92 Å². The monoisotopic (exact) mass is 233 g/mol. The summed E-state index contributed by atoms with van der Waals surface area (Å²) < 4.78 is 5.04. The molecule has 1 saturated heterocycles. The van der Waals surface area contributed by atoms with E-state index in [9.17, 15) is 4.79 Å². The fourth-order valence-corrected chi connectivity index (χ4v) is 2.11. The molecule has 0 radical (unpaired) electrons. The number of carbonyl (C=O) groups excluding carboxylic acids is 1. The van der Waals surface area contributed by atoms with Crippen molar-refractivity contribution in [3.63, 3.8) is 0 Å². The number of carbonyl (C=O) groups is 1. The number of hydrogen-bond acceptors (Lipinski definition) is 3. The average Bonchev–Trinajstić information content (AvgIpc) is 2.27. The predicted molar refractivity (Wildman–Crippen MR) is 61.1 cm³/mol. The zero-order valence-electron chi connectivity index (χ0n) is 9.38. The minimum Gasteiger partial charge on any atom is -0.466 e. The van der Waals surface area contributed by atoms with Crippen LogP contribution in [0.1, 0.15) is 26.2 Å². The molecule has 0 saturated carbocycles. The van der Waals surface area contributed by atoms with Crippen LogP contribution in [0, 0.1) is 5.92 Å². The third-order valence-electron chi connectivity index (χ3n) is 2.73. The third kappa shape index (κ3) is 4.39. The van der Waals surface area contributed by atoms with Gasteiger partial charge in [-0.3, -0.25) is 4.79 Å². The number of alkyl halides is 1. The van der Waals surface area contributed by atoms with Crippen LogP contribution in [0.3, 0.4) is 0 Å². The molecule has 0 N–H and O–H groups in total. The smallest absolute Gasteiger partial charge is 0.310 e. The first kappa shape index (κ1) is 12.8. The van der Waals surface area contributed by atoms with Gasteiger partial charge in [0.05, 0.1) is 12.5 Å². The number of hydrogen-bond donors (Lipinski definition) is 0. The zero-order valence-corrected chi connectivity index (χ0v) is 10.1. The van der Waals surface area contributed by atoms with Crippen molar-refractivity contribution >= 4 is 17.6 Å². The first-order valence-corrected chi connectivity index (χ1v) is 6.26. The fraction of sp³-hybridized carbons (Fsp3) is 0.909. The highest BCUT2D eigenvalue weighted by Gasteiger charge is 2.26. The van der Waals surface area contributed by atoms with Crippen LogP contribution in [0.2, 0.25) is 0 Å². The maximum absolute atomic E-state index is 11.5. The van der Waals surface area contributed by atoms with Crippen molar-refractivity contribution in [3.8, 4) is 0 Å². The number of piperidine rings is 1. The van der Waals surface area contributed by atoms with E-state index in [1.165, 1.54) is 0 Å². The molecule has 1 atom stereocenters. The largest absolute Gasteiger partial charge is 0.466 e. The minimum absolute atomic E-state index is 0.0342. The van der Waals surface area contributed by atoms with Gasteiger partial charge in [-0.15, -0.1) is 11.6 Å². The summed E-state index contributed by atoms with van der Waals surface area (Å²) in [7, 11) is 0. The van der Waals surface area contributed by atoms with Crippen molar-refractivity contribution in [1.29, 1.82) is 0 Å². The lowest BCUT2D eigenvalue weighted by molar-refractivity contribution is -0.149. The molecular weight excluding hydrogens is 214 g/mol. The fourth-order valence-electron chi connectivity index (χ4n) is 1.99. The molecule has 4 heteroatoms. The predicted octanol–water partition coefficient (Wildman–Crippen LogP) is 1.89. The van der Waals surface area contributed by atoms with Crippen molar-refractivity contribution in [3.05, 3.63) is 0 Å². The van der Waals surface area contributed by atoms with E-state index < -0.39 is 0 Å². The molecule has 0 aromatic heterocycles. The van der Waals surface area contributed by atoms with Gasteiger partial charge in [-0.2, -0.15) is 0 Å². The van der Waals surface area contributed by atoms with E-state index in [0.717, 1.165) is 38.9 Å². The van der Waals surface area contributed by atoms with Crippen LogP contribution in [0.4, 0.5) is 0 Å². The minimum atomic E-state index is -0.0342. The lowest BCUT2D eigenvalue weighted by Gasteiger charge is -2.31. The lowest BCUT2D eigenvalue weighted by Crippen LogP contribution is -2.39. The van der Waals surface area contributed by atoms with Crippen LogP contribution >= 0.6 is 11.6 Å². The number of esters is 1. The van der Waals surface area contributed by atoms with Gasteiger partial charge in [0, 0.05) is 12.4 Å². The molecule has 15 heavy (non-hydrogen) atoms. The Morgan fingerprint density at radius 1 is 1.60 bits per heavy atom. The molecule has 3 nitrogen and oxygen atoms in total. The van der Waals surface area contributed by atoms with Gasteiger partial charge in [0.15, 0.2) is 0 Å². The first-order chi connectivity index (χ1) is 7.27. The average molecular weight is 234 g/mol. The van der Waals surface area contributed by atoms with Crippen molar-refractivity contribution in [2.75, 3.05) is 32.1 Å². The molecule has 1 aliphatic heterocycles. The molecule has 1 unspecified atom stereocenters. The SMILES string of the molecule is CCOC(=O)C1CCCN(CCCCl)C1. The second-order valence-corrected chi connectivity index (χ2v) is 4.31. The molecule has 1 rings (SSSR count). The Bertz CT molecular complexity index is 199. The highest BCUT2D eigenvalue weighted by atomic mass is 35.5. The van der Waals surface area contributed by atoms with Gasteiger partial charge in [-0.05, 0) is 39.3 Å². The molecule has 0 amide bonds. The van der Waals surface area contributed by atoms with Crippen LogP contribution in [0.5, 0.6) is 0 Å². The van der Waals surface area contributed by atoms with Crippen molar-refractivity contribution in [1.82, 2.24) is 4.90 Å². The maximum atomic E-state index is 11.5. The Labute approximate surface area is 96.7 Å². The standard InChI is InChI=1S/C11H20ClNO2/c1-2-15-11(14)10-5-3-7-13(9-10)8-4-6-12/h10H,2-9H2,1H3. The number of likely N-dealkylation sites (tertiary alicyclic amines) is 1. The summed E-state index contributed by atoms with van der Waals surface area (Å²) in [4.78, 5) is 13.9. The molecule has 0 aromatic rings. The summed E-state index contributed by atoms with van der Waals surface area (Å²) in [6.45, 7) is 5.27. The quantitative estimate of drug-likeness (QED) is 0.537. The summed E-state index contributed by atoms with van der Waals surface area (Å²) in [5.74, 6) is 0.739. The Kier molecular flexibility index (Phi) is 6.03. The van der Waals surface area contributed by atoms with Gasteiger partial charge in [0.25, 0.3) is 0 Å². The van der Waals surface area contributed by atoms with E-state index in [1.54, 1.807) is 0 Å². The van der Waals surface area contributed by atoms with E-state index in [0.29, 0.717) is 12.5 Å². The number of ether oxygens (including phenoxy) is 1. The van der Waals surface area contributed by atoms with E-state index >= 15 is 0 Å². The lowest BCUT2D eigenvalue weighted by atomic mass is 9.98. The second-order valence-electron chi connectivity index (χ2n) is 3.93. The van der Waals surface area contributed by atoms with Crippen molar-refractivity contribution in [2.24, 2.45) is 5.92 Å². The van der Waals surface area contributed by atoms with E-state index in [-0.39, 0.29) is 11.9 Å². The zero-order chi connectivity index (χ0) is 11.1. The molecule has 0 aromatic carbocycles. The number of rotatable bonds is 5. The van der Waals surface area contributed by atoms with Gasteiger partial charge in [-0.1, -0.05) is 0 Å². The molecule has 0 bridgehead atoms. The summed E-state index contributed by atoms with van der Waals surface area (Å²) >= 11 is 5.65. The van der Waals surface area contributed by atoms with Crippen LogP contribution in [-0.4, -0.2) is 43.0 Å². The maximum Gasteiger partial charge on any atom is 0.310 e. The Morgan fingerprint density at radius 2 is 2.40 bits per heavy atom. The Hall–Kier alpha value is -0.280. The summed E-state index contributed by atoms with van der Waals surface area (Å²) in [6, 6.07) is 0. The Morgan fingerprint density at radius 3 is 3.07 bits per heavy atom. The molecular formula is C11H20ClNO2. The van der Waals surface area contributed by atoms with E-state index in [4.69, 9.17) is 16.3 Å². The molecule has 88 valence electrons. The summed E-state index contributed by atoms with van der Waals surface area (Å²) in [6.07, 6.45) is 3.05. The summed E-state index contributed by atoms with van der Waals surface area (Å²) in [5, 5.41) is 0. The van der Waals surface area contributed by atoms with Gasteiger partial charge in [0.1, 0.15) is 0 Å². The number of halogens is 1. The number of nitrogens with zero attached hydrogens (tertiary/aromatic N) is 1. The van der Waals surface area contributed by atoms with E-state index in [2.05, 4.69) is 4.90 Å². The highest BCUT2D eigenvalue weighted by Crippen LogP contribution is 2.17. The van der Waals surface area contributed by atoms with Crippen LogP contribution in [0.25, 0.3) is 0 Å². The highest BCUT2D eigenvalue weighted by molar-refractivity contribution is 6.17. The van der Waals surface area contributed by atoms with Gasteiger partial charge in [-0.25, -0.2) is 0 Å². The molecule has 0 aliphatic carbocycles. The van der Waals surface area contributed by atoms with Gasteiger partial charge >= 0.3 is 5.97 Å². The van der Waals surface area contributed by atoms with Gasteiger partial charge < -0.3 is 9.64 Å². The van der Waals surface area contributed by atoms with Gasteiger partial charge in [0.2, 0.25) is 0 Å². The molecule has 1 heterocycles. The topological polar surface area (TPSA) is 29.5 Å². The Balaban J connectivity index is 2.31. The van der Waals surface area contributed by atoms with Crippen LogP contribution < -0.4 is 0 Å². The molecule has 1 aliphatic rings. The first-order valence-electron chi connectivity index (χ1n) is 5.73. The summed E-state index contributed by atoms with van der Waals surface area (Å²) in [5.41, 5.74) is 0. The van der Waals surface area contributed by atoms with Crippen LogP contribution in [-0.2, 0) is 9.53 Å². The van der Waals surface area contributed by atoms with Crippen molar-refractivity contribution < 1.29 is 9.53 Å². The van der Waals surface area contributed by atoms with Crippen LogP contribution in [0.15, 0.2) is 0 Å². The van der Waals surface area contributed by atoms with Crippen molar-refractivity contribution in [2.45, 2.75) is 26.2 Å².